The summed E-state index contributed by atoms with van der Waals surface area (Å²) in [5.41, 5.74) is 1.28. The molecule has 5 aliphatic rings. The third-order valence-electron chi connectivity index (χ3n) is 5.33. The normalized spacial score (nSPS) is 53.4. The minimum atomic E-state index is -2.52. The zero-order valence-corrected chi connectivity index (χ0v) is 14.1. The summed E-state index contributed by atoms with van der Waals surface area (Å²) in [5, 5.41) is 0. The van der Waals surface area contributed by atoms with Gasteiger partial charge in [0.05, 0.1) is 0 Å². The van der Waals surface area contributed by atoms with Crippen LogP contribution in [-0.4, -0.2) is 32.8 Å². The minimum absolute atomic E-state index is 0.640. The van der Waals surface area contributed by atoms with Gasteiger partial charge < -0.3 is 0 Å². The summed E-state index contributed by atoms with van der Waals surface area (Å²) in [6, 6.07) is 0. The molecule has 0 radical (unpaired) electrons. The molecule has 4 unspecified atom stereocenters. The van der Waals surface area contributed by atoms with E-state index >= 15 is 0 Å². The van der Waals surface area contributed by atoms with Gasteiger partial charge in [0, 0.05) is 0 Å². The third-order valence-corrected chi connectivity index (χ3v) is 22.0. The first-order valence-corrected chi connectivity index (χ1v) is 12.3. The van der Waals surface area contributed by atoms with Gasteiger partial charge in [-0.15, -0.1) is 0 Å². The predicted molar refractivity (Wildman–Crippen MR) is 69.5 cm³/mol. The monoisotopic (exact) mass is 366 g/mol. The fraction of sp³-hybridized carbons (Fsp3) is 1.00. The van der Waals surface area contributed by atoms with Gasteiger partial charge in [0.25, 0.3) is 0 Å². The summed E-state index contributed by atoms with van der Waals surface area (Å²) in [5.74, 6) is 1.69. The Hall–Kier alpha value is 1.13. The molecular formula is C12H22O3PSb. The summed E-state index contributed by atoms with van der Waals surface area (Å²) in [7, 11) is -2.52. The van der Waals surface area contributed by atoms with Gasteiger partial charge in [0.15, 0.2) is 0 Å². The van der Waals surface area contributed by atoms with Crippen LogP contribution < -0.4 is 0 Å². The molecule has 0 N–H and O–H groups in total. The van der Waals surface area contributed by atoms with Crippen LogP contribution in [0.25, 0.3) is 0 Å². The van der Waals surface area contributed by atoms with Crippen molar-refractivity contribution in [2.45, 2.75) is 63.7 Å². The Kier molecular flexibility index (Phi) is 2.53. The van der Waals surface area contributed by atoms with E-state index in [2.05, 4.69) is 13.8 Å². The van der Waals surface area contributed by atoms with Crippen LogP contribution in [0.3, 0.4) is 0 Å². The summed E-state index contributed by atoms with van der Waals surface area (Å²) < 4.78 is 19.0. The summed E-state index contributed by atoms with van der Waals surface area (Å²) in [6.07, 6.45) is 7.85. The first-order valence-electron chi connectivity index (χ1n) is 7.03. The molecule has 5 fully saturated rings. The summed E-state index contributed by atoms with van der Waals surface area (Å²) in [6.45, 7) is 4.73. The first-order chi connectivity index (χ1) is 8.11. The molecule has 2 saturated carbocycles. The van der Waals surface area contributed by atoms with Crippen LogP contribution in [0.15, 0.2) is 0 Å². The second kappa shape index (κ2) is 3.61. The molecule has 3 heterocycles. The van der Waals surface area contributed by atoms with Gasteiger partial charge in [0.2, 0.25) is 0 Å². The van der Waals surface area contributed by atoms with Crippen LogP contribution in [0.2, 0.25) is 0 Å². The van der Waals surface area contributed by atoms with Crippen molar-refractivity contribution in [2.24, 2.45) is 11.8 Å². The van der Waals surface area contributed by atoms with E-state index in [0.29, 0.717) is 11.3 Å². The Balaban J connectivity index is 1.63. The number of hydrogen-bond donors (Lipinski definition) is 0. The van der Waals surface area contributed by atoms with Crippen LogP contribution >= 0.6 is 7.28 Å². The summed E-state index contributed by atoms with van der Waals surface area (Å²) in [4.78, 5) is 0. The molecule has 3 saturated heterocycles. The Morgan fingerprint density at radius 2 is 1.29 bits per heavy atom. The average Bonchev–Trinajstić information content (AvgIpc) is 2.73. The summed E-state index contributed by atoms with van der Waals surface area (Å²) >= 11 is -1.96. The molecule has 17 heavy (non-hydrogen) atoms. The standard InChI is InChI=1S/C12H22O3P.Sb/c1-9-3-5-11(7-9)16(13,14,15)12-6-4-10(2)8-12;/h9-12H,3-8H2,1-2H3;/q-3;+3. The number of rotatable bonds is 2. The molecule has 3 aliphatic heterocycles. The van der Waals surface area contributed by atoms with Crippen molar-refractivity contribution in [3.8, 4) is 0 Å². The van der Waals surface area contributed by atoms with Crippen LogP contribution in [0.4, 0.5) is 0 Å². The topological polar surface area (TPSA) is 27.7 Å². The van der Waals surface area contributed by atoms with Crippen molar-refractivity contribution in [2.75, 3.05) is 0 Å². The Labute approximate surface area is 112 Å². The molecule has 4 atom stereocenters. The molecule has 3 nitrogen and oxygen atoms in total. The van der Waals surface area contributed by atoms with Gasteiger partial charge in [-0.1, -0.05) is 0 Å². The Morgan fingerprint density at radius 3 is 1.53 bits per heavy atom. The molecule has 2 bridgehead atoms. The quantitative estimate of drug-likeness (QED) is 0.550. The van der Waals surface area contributed by atoms with Gasteiger partial charge >= 0.3 is 113 Å². The van der Waals surface area contributed by atoms with Gasteiger partial charge in [0.1, 0.15) is 0 Å². The second-order valence-corrected chi connectivity index (χ2v) is 16.0. The van der Waals surface area contributed by atoms with Gasteiger partial charge in [-0.05, 0) is 0 Å². The van der Waals surface area contributed by atoms with Crippen LogP contribution in [0, 0.1) is 11.8 Å². The van der Waals surface area contributed by atoms with Gasteiger partial charge in [-0.2, -0.15) is 0 Å². The van der Waals surface area contributed by atoms with Gasteiger partial charge in [-0.3, -0.25) is 0 Å². The van der Waals surface area contributed by atoms with E-state index in [4.69, 9.17) is 8.41 Å². The number of hydrogen-bond acceptors (Lipinski definition) is 3. The molecule has 0 amide bonds. The van der Waals surface area contributed by atoms with Crippen LogP contribution in [-0.2, 0) is 8.41 Å². The van der Waals surface area contributed by atoms with Crippen molar-refractivity contribution < 1.29 is 8.41 Å². The molecule has 5 rings (SSSR count). The zero-order chi connectivity index (χ0) is 11.7. The molecule has 2 aliphatic carbocycles. The molecule has 98 valence electrons. The Morgan fingerprint density at radius 1 is 0.824 bits per heavy atom. The van der Waals surface area contributed by atoms with E-state index in [9.17, 15) is 0 Å². The fourth-order valence-electron chi connectivity index (χ4n) is 4.31. The van der Waals surface area contributed by atoms with E-state index < -0.39 is 28.8 Å². The van der Waals surface area contributed by atoms with E-state index in [1.54, 1.807) is 0 Å². The SMILES string of the molecule is CC1CCC(P23(C4CCC(C)C4)[O][Sb]([O]2)[O]3)C1. The molecule has 5 heteroatoms. The maximum absolute atomic E-state index is 6.34. The van der Waals surface area contributed by atoms with E-state index in [1.807, 2.05) is 0 Å². The first kappa shape index (κ1) is 11.9. The average molecular weight is 367 g/mol. The van der Waals surface area contributed by atoms with E-state index in [-0.39, 0.29) is 0 Å². The molecule has 0 aromatic carbocycles. The van der Waals surface area contributed by atoms with E-state index in [0.717, 1.165) is 11.8 Å². The van der Waals surface area contributed by atoms with Crippen LogP contribution in [0.1, 0.15) is 52.4 Å². The predicted octanol–water partition coefficient (Wildman–Crippen LogP) is 3.72. The molecule has 0 spiro atoms. The Bertz CT molecular complexity index is 320. The van der Waals surface area contributed by atoms with Crippen molar-refractivity contribution >= 4 is 28.8 Å². The molecular weight excluding hydrogens is 345 g/mol. The zero-order valence-electron chi connectivity index (χ0n) is 10.7. The molecule has 0 aromatic heterocycles. The second-order valence-electron chi connectivity index (χ2n) is 6.62. The molecule has 0 aromatic rings. The van der Waals surface area contributed by atoms with Crippen molar-refractivity contribution in [3.05, 3.63) is 0 Å². The van der Waals surface area contributed by atoms with Gasteiger partial charge in [-0.25, -0.2) is 0 Å². The maximum atomic E-state index is 6.34. The third kappa shape index (κ3) is 1.39. The van der Waals surface area contributed by atoms with Crippen molar-refractivity contribution in [3.63, 3.8) is 0 Å². The van der Waals surface area contributed by atoms with Crippen LogP contribution in [0.5, 0.6) is 0 Å². The van der Waals surface area contributed by atoms with E-state index in [1.165, 1.54) is 38.5 Å². The van der Waals surface area contributed by atoms with Crippen molar-refractivity contribution in [1.82, 2.24) is 0 Å². The van der Waals surface area contributed by atoms with Crippen molar-refractivity contribution in [1.29, 1.82) is 0 Å². The fourth-order valence-corrected chi connectivity index (χ4v) is 23.2.